The van der Waals surface area contributed by atoms with E-state index in [1.165, 1.54) is 23.0 Å². The first-order valence-electron chi connectivity index (χ1n) is 10.9. The second kappa shape index (κ2) is 11.7. The summed E-state index contributed by atoms with van der Waals surface area (Å²) in [5.74, 6) is -1.93. The van der Waals surface area contributed by atoms with E-state index in [1.807, 2.05) is 30.3 Å². The van der Waals surface area contributed by atoms with Crippen molar-refractivity contribution in [2.45, 2.75) is 13.5 Å². The number of pyridine rings is 1. The van der Waals surface area contributed by atoms with Crippen molar-refractivity contribution in [3.63, 3.8) is 0 Å². The Balaban J connectivity index is 1.59. The van der Waals surface area contributed by atoms with Crippen LogP contribution in [0.25, 0.3) is 11.6 Å². The molecule has 7 nitrogen and oxygen atoms in total. The first kappa shape index (κ1) is 26.5. The second-order valence-electron chi connectivity index (χ2n) is 7.87. The van der Waals surface area contributed by atoms with Gasteiger partial charge in [-0.05, 0) is 58.2 Å². The van der Waals surface area contributed by atoms with Crippen LogP contribution in [0.5, 0.6) is 0 Å². The summed E-state index contributed by atoms with van der Waals surface area (Å²) in [6.07, 6.45) is 2.25. The molecule has 4 aromatic rings. The Morgan fingerprint density at radius 1 is 1.11 bits per heavy atom. The van der Waals surface area contributed by atoms with Crippen LogP contribution in [0.15, 0.2) is 77.5 Å². The highest BCUT2D eigenvalue weighted by Crippen LogP contribution is 2.28. The third kappa shape index (κ3) is 6.43. The highest BCUT2D eigenvalue weighted by molar-refractivity contribution is 9.10. The molecule has 0 spiro atoms. The Morgan fingerprint density at radius 2 is 1.86 bits per heavy atom. The molecule has 2 amide bonds. The number of hydrogen-bond acceptors (Lipinski definition) is 4. The number of aryl methyl sites for hydroxylation is 1. The summed E-state index contributed by atoms with van der Waals surface area (Å²) in [6, 6.07) is 17.0. The number of carbonyl (C=O) groups excluding carboxylic acids is 2. The lowest BCUT2D eigenvalue weighted by Crippen LogP contribution is -2.25. The summed E-state index contributed by atoms with van der Waals surface area (Å²) in [4.78, 5) is 29.9. The number of amides is 2. The van der Waals surface area contributed by atoms with Crippen LogP contribution in [0.1, 0.15) is 27.2 Å². The van der Waals surface area contributed by atoms with Crippen LogP contribution in [-0.2, 0) is 11.3 Å². The molecule has 2 N–H and O–H groups in total. The molecular weight excluding hydrogens is 584 g/mol. The maximum absolute atomic E-state index is 15.3. The number of nitrogens with one attached hydrogen (secondary N) is 2. The van der Waals surface area contributed by atoms with Gasteiger partial charge < -0.3 is 10.6 Å². The van der Waals surface area contributed by atoms with Crippen molar-refractivity contribution >= 4 is 62.5 Å². The van der Waals surface area contributed by atoms with Crippen molar-refractivity contribution in [1.29, 1.82) is 0 Å². The molecule has 37 heavy (non-hydrogen) atoms. The fourth-order valence-corrected chi connectivity index (χ4v) is 4.38. The summed E-state index contributed by atoms with van der Waals surface area (Å²) >= 11 is 15.6. The molecule has 2 aromatic carbocycles. The molecule has 0 bridgehead atoms. The van der Waals surface area contributed by atoms with E-state index < -0.39 is 17.6 Å². The van der Waals surface area contributed by atoms with Crippen LogP contribution in [-0.4, -0.2) is 26.6 Å². The zero-order valence-corrected chi connectivity index (χ0v) is 22.4. The Hall–Kier alpha value is -3.53. The van der Waals surface area contributed by atoms with E-state index in [0.29, 0.717) is 15.2 Å². The van der Waals surface area contributed by atoms with Gasteiger partial charge in [0.25, 0.3) is 11.8 Å². The minimum absolute atomic E-state index is 0.0451. The summed E-state index contributed by atoms with van der Waals surface area (Å²) in [5.41, 5.74) is 1.76. The van der Waals surface area contributed by atoms with Crippen LogP contribution < -0.4 is 10.6 Å². The first-order chi connectivity index (χ1) is 17.7. The Morgan fingerprint density at radius 3 is 2.59 bits per heavy atom. The third-order valence-electron chi connectivity index (χ3n) is 5.21. The molecule has 0 aliphatic rings. The predicted molar refractivity (Wildman–Crippen MR) is 146 cm³/mol. The molecule has 0 saturated heterocycles. The minimum Gasteiger partial charge on any atom is -0.348 e. The SMILES string of the molecule is Cc1cc(Cl)cc(C(=O)NCc2ccccc2)c1NC(=O)C=C(F)c1cc(Br)nn1-c1ncccc1Cl. The smallest absolute Gasteiger partial charge is 0.253 e. The Labute approximate surface area is 230 Å². The van der Waals surface area contributed by atoms with Gasteiger partial charge >= 0.3 is 0 Å². The molecule has 0 radical (unpaired) electrons. The number of halogens is 4. The molecule has 0 aliphatic heterocycles. The maximum Gasteiger partial charge on any atom is 0.253 e. The van der Waals surface area contributed by atoms with Gasteiger partial charge in [0.05, 0.1) is 16.3 Å². The maximum atomic E-state index is 15.3. The van der Waals surface area contributed by atoms with Crippen molar-refractivity contribution in [3.05, 3.63) is 110 Å². The standard InChI is InChI=1S/C26H19BrCl2FN5O2/c1-15-10-17(28)11-18(26(37)32-14-16-6-3-2-4-7-16)24(15)33-23(36)12-20(30)21-13-22(27)34-35(21)25-19(29)8-5-9-31-25/h2-13H,14H2,1H3,(H,32,37)(H,33,36). The van der Waals surface area contributed by atoms with Gasteiger partial charge in [-0.15, -0.1) is 0 Å². The van der Waals surface area contributed by atoms with Gasteiger partial charge in [-0.2, -0.15) is 5.10 Å². The Kier molecular flexibility index (Phi) is 8.38. The molecule has 0 unspecified atom stereocenters. The van der Waals surface area contributed by atoms with E-state index in [0.717, 1.165) is 11.6 Å². The van der Waals surface area contributed by atoms with Gasteiger partial charge in [0.15, 0.2) is 11.6 Å². The summed E-state index contributed by atoms with van der Waals surface area (Å²) in [6.45, 7) is 1.97. The van der Waals surface area contributed by atoms with Crippen molar-refractivity contribution in [2.24, 2.45) is 0 Å². The number of nitrogens with zero attached hydrogens (tertiary/aromatic N) is 3. The van der Waals surface area contributed by atoms with E-state index in [9.17, 15) is 9.59 Å². The van der Waals surface area contributed by atoms with Crippen LogP contribution in [0.2, 0.25) is 10.0 Å². The average molecular weight is 603 g/mol. The third-order valence-corrected chi connectivity index (χ3v) is 6.11. The van der Waals surface area contributed by atoms with Gasteiger partial charge in [-0.3, -0.25) is 9.59 Å². The fraction of sp³-hybridized carbons (Fsp3) is 0.0769. The number of benzene rings is 2. The molecule has 0 fully saturated rings. The fourth-order valence-electron chi connectivity index (χ4n) is 3.53. The number of hydrogen-bond donors (Lipinski definition) is 2. The average Bonchev–Trinajstić information content (AvgIpc) is 3.26. The molecule has 0 saturated carbocycles. The van der Waals surface area contributed by atoms with E-state index in [-0.39, 0.29) is 34.3 Å². The van der Waals surface area contributed by atoms with Crippen molar-refractivity contribution in [2.75, 3.05) is 5.32 Å². The summed E-state index contributed by atoms with van der Waals surface area (Å²) in [5, 5.41) is 10.2. The number of anilines is 1. The number of rotatable bonds is 7. The zero-order valence-electron chi connectivity index (χ0n) is 19.3. The molecule has 0 aliphatic carbocycles. The highest BCUT2D eigenvalue weighted by Gasteiger charge is 2.19. The summed E-state index contributed by atoms with van der Waals surface area (Å²) < 4.78 is 16.8. The molecule has 188 valence electrons. The van der Waals surface area contributed by atoms with Crippen molar-refractivity contribution in [1.82, 2.24) is 20.1 Å². The van der Waals surface area contributed by atoms with E-state index in [4.69, 9.17) is 23.2 Å². The van der Waals surface area contributed by atoms with E-state index in [1.54, 1.807) is 25.1 Å². The molecule has 11 heteroatoms. The molecule has 0 atom stereocenters. The molecular formula is C26H19BrCl2FN5O2. The quantitative estimate of drug-likeness (QED) is 0.236. The van der Waals surface area contributed by atoms with Crippen LogP contribution >= 0.6 is 39.1 Å². The van der Waals surface area contributed by atoms with Crippen LogP contribution in [0.4, 0.5) is 10.1 Å². The molecule has 2 heterocycles. The van der Waals surface area contributed by atoms with Gasteiger partial charge in [0.2, 0.25) is 0 Å². The normalized spacial score (nSPS) is 11.3. The van der Waals surface area contributed by atoms with Crippen molar-refractivity contribution in [3.8, 4) is 5.82 Å². The lowest BCUT2D eigenvalue weighted by molar-refractivity contribution is -0.111. The number of aromatic nitrogens is 3. The molecule has 4 rings (SSSR count). The summed E-state index contributed by atoms with van der Waals surface area (Å²) in [7, 11) is 0. The minimum atomic E-state index is -0.890. The lowest BCUT2D eigenvalue weighted by Gasteiger charge is -2.14. The van der Waals surface area contributed by atoms with Gasteiger partial charge in [0.1, 0.15) is 10.3 Å². The molecule has 2 aromatic heterocycles. The van der Waals surface area contributed by atoms with Crippen LogP contribution in [0, 0.1) is 6.92 Å². The van der Waals surface area contributed by atoms with Gasteiger partial charge in [-0.1, -0.05) is 53.5 Å². The van der Waals surface area contributed by atoms with Gasteiger partial charge in [0, 0.05) is 29.9 Å². The van der Waals surface area contributed by atoms with E-state index >= 15 is 4.39 Å². The highest BCUT2D eigenvalue weighted by atomic mass is 79.9. The lowest BCUT2D eigenvalue weighted by atomic mass is 10.1. The topological polar surface area (TPSA) is 88.9 Å². The van der Waals surface area contributed by atoms with Gasteiger partial charge in [-0.25, -0.2) is 14.1 Å². The Bertz CT molecular complexity index is 1510. The number of carbonyl (C=O) groups is 2. The van der Waals surface area contributed by atoms with Crippen molar-refractivity contribution < 1.29 is 14.0 Å². The van der Waals surface area contributed by atoms with Crippen LogP contribution in [0.3, 0.4) is 0 Å². The second-order valence-corrected chi connectivity index (χ2v) is 9.52. The first-order valence-corrected chi connectivity index (χ1v) is 12.4. The monoisotopic (exact) mass is 601 g/mol. The van der Waals surface area contributed by atoms with E-state index in [2.05, 4.69) is 36.6 Å². The zero-order chi connectivity index (χ0) is 26.5. The largest absolute Gasteiger partial charge is 0.348 e. The predicted octanol–water partition coefficient (Wildman–Crippen LogP) is 6.52.